The summed E-state index contributed by atoms with van der Waals surface area (Å²) >= 11 is 0. The van der Waals surface area contributed by atoms with E-state index in [1.807, 2.05) is 31.2 Å². The van der Waals surface area contributed by atoms with Crippen molar-refractivity contribution in [3.63, 3.8) is 0 Å². The summed E-state index contributed by atoms with van der Waals surface area (Å²) < 4.78 is 5.19. The maximum absolute atomic E-state index is 12.5. The molecule has 2 aromatic rings. The van der Waals surface area contributed by atoms with Gasteiger partial charge in [-0.2, -0.15) is 0 Å². The highest BCUT2D eigenvalue weighted by Gasteiger charge is 2.29. The predicted molar refractivity (Wildman–Crippen MR) is 97.1 cm³/mol. The third-order valence-corrected chi connectivity index (χ3v) is 4.40. The van der Waals surface area contributed by atoms with E-state index in [-0.39, 0.29) is 11.8 Å². The molecule has 2 aromatic carbocycles. The van der Waals surface area contributed by atoms with Crippen molar-refractivity contribution in [2.45, 2.75) is 32.1 Å². The van der Waals surface area contributed by atoms with E-state index < -0.39 is 11.4 Å². The third-order valence-electron chi connectivity index (χ3n) is 4.40. The van der Waals surface area contributed by atoms with E-state index in [0.29, 0.717) is 17.0 Å². The van der Waals surface area contributed by atoms with Crippen molar-refractivity contribution in [1.29, 1.82) is 0 Å². The molecule has 0 spiro atoms. The number of hydrogen-bond acceptors (Lipinski definition) is 3. The molecule has 25 heavy (non-hydrogen) atoms. The van der Waals surface area contributed by atoms with Crippen LogP contribution in [0.2, 0.25) is 0 Å². The highest BCUT2D eigenvalue weighted by molar-refractivity contribution is 5.95. The number of hydrogen-bond donors (Lipinski definition) is 2. The molecule has 0 bridgehead atoms. The first-order valence-electron chi connectivity index (χ1n) is 8.04. The molecule has 0 saturated heterocycles. The van der Waals surface area contributed by atoms with Crippen LogP contribution in [0, 0.1) is 0 Å². The van der Waals surface area contributed by atoms with Crippen molar-refractivity contribution in [1.82, 2.24) is 0 Å². The van der Waals surface area contributed by atoms with E-state index in [1.54, 1.807) is 45.2 Å². The van der Waals surface area contributed by atoms with E-state index in [0.717, 1.165) is 5.56 Å². The molecule has 1 atom stereocenters. The molecule has 1 unspecified atom stereocenters. The maximum Gasteiger partial charge on any atom is 0.313 e. The first kappa shape index (κ1) is 18.5. The second-order valence-corrected chi connectivity index (χ2v) is 6.50. The van der Waals surface area contributed by atoms with Crippen molar-refractivity contribution < 1.29 is 19.4 Å². The summed E-state index contributed by atoms with van der Waals surface area (Å²) in [5.74, 6) is -0.669. The lowest BCUT2D eigenvalue weighted by molar-refractivity contribution is -0.142. The Morgan fingerprint density at radius 1 is 1.12 bits per heavy atom. The Labute approximate surface area is 147 Å². The minimum atomic E-state index is -0.976. The Bertz CT molecular complexity index is 766. The minimum absolute atomic E-state index is 0.140. The molecular formula is C20H23NO4. The molecule has 0 aliphatic rings. The molecular weight excluding hydrogens is 318 g/mol. The second-order valence-electron chi connectivity index (χ2n) is 6.50. The van der Waals surface area contributed by atoms with Crippen LogP contribution in [0.15, 0.2) is 48.5 Å². The van der Waals surface area contributed by atoms with Crippen molar-refractivity contribution in [3.05, 3.63) is 59.7 Å². The van der Waals surface area contributed by atoms with Gasteiger partial charge in [0, 0.05) is 5.69 Å². The molecule has 0 radical (unpaired) electrons. The zero-order chi connectivity index (χ0) is 18.6. The fourth-order valence-corrected chi connectivity index (χ4v) is 2.41. The Morgan fingerprint density at radius 2 is 1.76 bits per heavy atom. The fraction of sp³-hybridized carbons (Fsp3) is 0.300. The van der Waals surface area contributed by atoms with Crippen LogP contribution < -0.4 is 10.1 Å². The quantitative estimate of drug-likeness (QED) is 0.838. The van der Waals surface area contributed by atoms with E-state index in [1.165, 1.54) is 0 Å². The van der Waals surface area contributed by atoms with Gasteiger partial charge in [-0.1, -0.05) is 24.3 Å². The standard InChI is InChI=1S/C20H23NO4/c1-13(14-6-5-7-17(12-14)25-4)18(22)21-16-10-8-15(9-11-16)20(2,3)19(23)24/h5-13H,1-4H3,(H,21,22)(H,23,24). The Hall–Kier alpha value is -2.82. The van der Waals surface area contributed by atoms with Crippen molar-refractivity contribution in [2.75, 3.05) is 12.4 Å². The van der Waals surface area contributed by atoms with E-state index in [2.05, 4.69) is 5.32 Å². The van der Waals surface area contributed by atoms with Gasteiger partial charge in [-0.25, -0.2) is 0 Å². The van der Waals surface area contributed by atoms with Gasteiger partial charge < -0.3 is 15.2 Å². The molecule has 0 aliphatic heterocycles. The van der Waals surface area contributed by atoms with Crippen LogP contribution in [0.5, 0.6) is 5.75 Å². The summed E-state index contributed by atoms with van der Waals surface area (Å²) in [4.78, 5) is 23.8. The monoisotopic (exact) mass is 341 g/mol. The maximum atomic E-state index is 12.5. The summed E-state index contributed by atoms with van der Waals surface area (Å²) in [5, 5.41) is 12.1. The summed E-state index contributed by atoms with van der Waals surface area (Å²) in [6.45, 7) is 5.12. The van der Waals surface area contributed by atoms with Crippen LogP contribution in [0.4, 0.5) is 5.69 Å². The molecule has 0 aromatic heterocycles. The number of carbonyl (C=O) groups is 2. The van der Waals surface area contributed by atoms with Crippen LogP contribution in [0.1, 0.15) is 37.8 Å². The fourth-order valence-electron chi connectivity index (χ4n) is 2.41. The zero-order valence-corrected chi connectivity index (χ0v) is 14.9. The van der Waals surface area contributed by atoms with Crippen LogP contribution in [-0.2, 0) is 15.0 Å². The number of benzene rings is 2. The molecule has 5 nitrogen and oxygen atoms in total. The van der Waals surface area contributed by atoms with Gasteiger partial charge in [0.1, 0.15) is 5.75 Å². The summed E-state index contributed by atoms with van der Waals surface area (Å²) in [5.41, 5.74) is 1.19. The number of anilines is 1. The Balaban J connectivity index is 2.11. The summed E-state index contributed by atoms with van der Waals surface area (Å²) in [6.07, 6.45) is 0. The van der Waals surface area contributed by atoms with Crippen LogP contribution in [0.25, 0.3) is 0 Å². The Morgan fingerprint density at radius 3 is 2.32 bits per heavy atom. The molecule has 2 N–H and O–H groups in total. The van der Waals surface area contributed by atoms with Crippen molar-refractivity contribution in [2.24, 2.45) is 0 Å². The molecule has 0 heterocycles. The van der Waals surface area contributed by atoms with Gasteiger partial charge in [0.15, 0.2) is 0 Å². The zero-order valence-electron chi connectivity index (χ0n) is 14.9. The number of carboxylic acids is 1. The van der Waals surface area contributed by atoms with Crippen LogP contribution >= 0.6 is 0 Å². The first-order chi connectivity index (χ1) is 11.8. The number of ether oxygens (including phenoxy) is 1. The number of rotatable bonds is 6. The topological polar surface area (TPSA) is 75.6 Å². The molecule has 0 saturated carbocycles. The largest absolute Gasteiger partial charge is 0.497 e. The van der Waals surface area contributed by atoms with Gasteiger partial charge in [0.25, 0.3) is 0 Å². The highest BCUT2D eigenvalue weighted by atomic mass is 16.5. The van der Waals surface area contributed by atoms with Crippen LogP contribution in [-0.4, -0.2) is 24.1 Å². The van der Waals surface area contributed by atoms with E-state index in [9.17, 15) is 14.7 Å². The molecule has 0 fully saturated rings. The lowest BCUT2D eigenvalue weighted by Crippen LogP contribution is -2.28. The number of amides is 1. The molecule has 1 amide bonds. The smallest absolute Gasteiger partial charge is 0.313 e. The van der Waals surface area contributed by atoms with E-state index in [4.69, 9.17) is 4.74 Å². The predicted octanol–water partition coefficient (Wildman–Crippen LogP) is 3.80. The van der Waals surface area contributed by atoms with Gasteiger partial charge in [-0.15, -0.1) is 0 Å². The molecule has 2 rings (SSSR count). The lowest BCUT2D eigenvalue weighted by atomic mass is 9.85. The van der Waals surface area contributed by atoms with E-state index >= 15 is 0 Å². The number of methoxy groups -OCH3 is 1. The normalized spacial score (nSPS) is 12.3. The van der Waals surface area contributed by atoms with Gasteiger partial charge in [-0.3, -0.25) is 9.59 Å². The average Bonchev–Trinajstić information content (AvgIpc) is 2.61. The summed E-state index contributed by atoms with van der Waals surface area (Å²) in [6, 6.07) is 14.3. The van der Waals surface area contributed by atoms with Gasteiger partial charge in [-0.05, 0) is 56.2 Å². The number of nitrogens with one attached hydrogen (secondary N) is 1. The third kappa shape index (κ3) is 4.18. The first-order valence-corrected chi connectivity index (χ1v) is 8.04. The van der Waals surface area contributed by atoms with Gasteiger partial charge >= 0.3 is 5.97 Å². The average molecular weight is 341 g/mol. The number of carbonyl (C=O) groups excluding carboxylic acids is 1. The van der Waals surface area contributed by atoms with Crippen molar-refractivity contribution >= 4 is 17.6 Å². The highest BCUT2D eigenvalue weighted by Crippen LogP contribution is 2.26. The molecule has 0 aliphatic carbocycles. The van der Waals surface area contributed by atoms with Gasteiger partial charge in [0.2, 0.25) is 5.91 Å². The molecule has 5 heteroatoms. The lowest BCUT2D eigenvalue weighted by Gasteiger charge is -2.20. The van der Waals surface area contributed by atoms with Crippen LogP contribution in [0.3, 0.4) is 0 Å². The molecule has 132 valence electrons. The number of carboxylic acid groups (broad SMARTS) is 1. The minimum Gasteiger partial charge on any atom is -0.497 e. The number of aliphatic carboxylic acids is 1. The van der Waals surface area contributed by atoms with Crippen molar-refractivity contribution in [3.8, 4) is 5.75 Å². The van der Waals surface area contributed by atoms with Gasteiger partial charge in [0.05, 0.1) is 18.4 Å². The SMILES string of the molecule is COc1cccc(C(C)C(=O)Nc2ccc(C(C)(C)C(=O)O)cc2)c1. The summed E-state index contributed by atoms with van der Waals surface area (Å²) in [7, 11) is 1.59. The Kier molecular flexibility index (Phi) is 5.47. The second kappa shape index (κ2) is 7.38.